The summed E-state index contributed by atoms with van der Waals surface area (Å²) in [6.07, 6.45) is 3.09. The molecule has 0 aromatic heterocycles. The van der Waals surface area contributed by atoms with Gasteiger partial charge in [0, 0.05) is 17.0 Å². The summed E-state index contributed by atoms with van der Waals surface area (Å²) in [5.74, 6) is 1.94. The summed E-state index contributed by atoms with van der Waals surface area (Å²) in [5, 5.41) is 3.95. The molecule has 5 nitrogen and oxygen atoms in total. The third-order valence-electron chi connectivity index (χ3n) is 5.03. The summed E-state index contributed by atoms with van der Waals surface area (Å²) in [6, 6.07) is 14.0. The fourth-order valence-corrected chi connectivity index (χ4v) is 3.28. The van der Waals surface area contributed by atoms with Gasteiger partial charge in [-0.05, 0) is 54.7 Å². The van der Waals surface area contributed by atoms with Gasteiger partial charge in [0.05, 0.1) is 20.8 Å². The predicted molar refractivity (Wildman–Crippen MR) is 110 cm³/mol. The highest BCUT2D eigenvalue weighted by Gasteiger charge is 2.44. The van der Waals surface area contributed by atoms with Gasteiger partial charge in [-0.2, -0.15) is 0 Å². The van der Waals surface area contributed by atoms with E-state index in [1.807, 2.05) is 30.3 Å². The van der Waals surface area contributed by atoms with Crippen LogP contribution in [0.1, 0.15) is 24.0 Å². The molecule has 27 heavy (non-hydrogen) atoms. The summed E-state index contributed by atoms with van der Waals surface area (Å²) >= 11 is 5.98. The summed E-state index contributed by atoms with van der Waals surface area (Å²) in [4.78, 5) is 4.56. The Morgan fingerprint density at radius 1 is 1.11 bits per heavy atom. The largest absolute Gasteiger partial charge is 0.493 e. The van der Waals surface area contributed by atoms with Gasteiger partial charge in [0.1, 0.15) is 0 Å². The highest BCUT2D eigenvalue weighted by atomic mass is 35.5. The van der Waals surface area contributed by atoms with Gasteiger partial charge < -0.3 is 20.5 Å². The van der Waals surface area contributed by atoms with E-state index in [2.05, 4.69) is 22.4 Å². The first-order valence-corrected chi connectivity index (χ1v) is 9.45. The first-order valence-electron chi connectivity index (χ1n) is 9.07. The van der Waals surface area contributed by atoms with Crippen molar-refractivity contribution in [3.05, 3.63) is 58.6 Å². The smallest absolute Gasteiger partial charge is 0.188 e. The van der Waals surface area contributed by atoms with Crippen LogP contribution in [0.4, 0.5) is 0 Å². The number of hydrogen-bond acceptors (Lipinski definition) is 3. The number of ether oxygens (including phenoxy) is 2. The van der Waals surface area contributed by atoms with Crippen molar-refractivity contribution in [3.63, 3.8) is 0 Å². The summed E-state index contributed by atoms with van der Waals surface area (Å²) in [6.45, 7) is 1.41. The minimum absolute atomic E-state index is 0.125. The van der Waals surface area contributed by atoms with Crippen molar-refractivity contribution in [1.29, 1.82) is 0 Å². The van der Waals surface area contributed by atoms with E-state index < -0.39 is 0 Å². The van der Waals surface area contributed by atoms with Crippen LogP contribution in [0, 0.1) is 0 Å². The van der Waals surface area contributed by atoms with Gasteiger partial charge in [-0.1, -0.05) is 29.8 Å². The minimum atomic E-state index is 0.125. The van der Waals surface area contributed by atoms with Crippen molar-refractivity contribution in [1.82, 2.24) is 5.32 Å². The number of nitrogens with one attached hydrogen (secondary N) is 1. The number of aliphatic imine (C=N–C) groups is 1. The Morgan fingerprint density at radius 2 is 1.81 bits per heavy atom. The quantitative estimate of drug-likeness (QED) is 0.537. The molecule has 0 saturated heterocycles. The summed E-state index contributed by atoms with van der Waals surface area (Å²) in [5.41, 5.74) is 8.61. The number of nitrogens with zero attached hydrogens (tertiary/aromatic N) is 1. The standard InChI is InChI=1S/C21H26ClN3O2/c1-26-18-8-3-15(13-19(18)27-2)9-12-24-20(23)25-14-21(10-11-21)16-4-6-17(22)7-5-16/h3-8,13H,9-12,14H2,1-2H3,(H3,23,24,25). The number of benzene rings is 2. The number of methoxy groups -OCH3 is 2. The van der Waals surface area contributed by atoms with E-state index >= 15 is 0 Å². The lowest BCUT2D eigenvalue weighted by Crippen LogP contribution is -2.34. The second-order valence-electron chi connectivity index (χ2n) is 6.85. The number of rotatable bonds is 8. The molecule has 3 rings (SSSR count). The van der Waals surface area contributed by atoms with E-state index in [1.54, 1.807) is 14.2 Å². The van der Waals surface area contributed by atoms with Crippen LogP contribution < -0.4 is 20.5 Å². The van der Waals surface area contributed by atoms with Crippen molar-refractivity contribution < 1.29 is 9.47 Å². The van der Waals surface area contributed by atoms with Crippen molar-refractivity contribution in [3.8, 4) is 11.5 Å². The van der Waals surface area contributed by atoms with E-state index in [1.165, 1.54) is 5.56 Å². The van der Waals surface area contributed by atoms with Crippen LogP contribution in [0.5, 0.6) is 11.5 Å². The second-order valence-corrected chi connectivity index (χ2v) is 7.29. The van der Waals surface area contributed by atoms with Crippen molar-refractivity contribution in [2.45, 2.75) is 24.7 Å². The van der Waals surface area contributed by atoms with Gasteiger partial charge in [-0.3, -0.25) is 4.99 Å². The summed E-state index contributed by atoms with van der Waals surface area (Å²) < 4.78 is 10.6. The van der Waals surface area contributed by atoms with Crippen molar-refractivity contribution >= 4 is 17.6 Å². The molecule has 6 heteroatoms. The van der Waals surface area contributed by atoms with E-state index in [0.29, 0.717) is 19.0 Å². The Kier molecular flexibility index (Phi) is 6.11. The monoisotopic (exact) mass is 387 g/mol. The zero-order chi connectivity index (χ0) is 19.3. The zero-order valence-electron chi connectivity index (χ0n) is 15.8. The lowest BCUT2D eigenvalue weighted by atomic mass is 9.96. The van der Waals surface area contributed by atoms with Crippen molar-refractivity contribution in [2.75, 3.05) is 27.3 Å². The van der Waals surface area contributed by atoms with Gasteiger partial charge >= 0.3 is 0 Å². The zero-order valence-corrected chi connectivity index (χ0v) is 16.6. The molecular formula is C21H26ClN3O2. The average Bonchev–Trinajstić information content (AvgIpc) is 3.48. The Bertz CT molecular complexity index is 802. The van der Waals surface area contributed by atoms with E-state index in [-0.39, 0.29) is 5.41 Å². The normalized spacial score (nSPS) is 15.3. The molecule has 0 aliphatic heterocycles. The van der Waals surface area contributed by atoms with E-state index in [0.717, 1.165) is 41.3 Å². The van der Waals surface area contributed by atoms with Crippen LogP contribution in [0.2, 0.25) is 5.02 Å². The first kappa shape index (κ1) is 19.4. The first-order chi connectivity index (χ1) is 13.1. The highest BCUT2D eigenvalue weighted by molar-refractivity contribution is 6.30. The lowest BCUT2D eigenvalue weighted by Gasteiger charge is -2.14. The molecular weight excluding hydrogens is 362 g/mol. The second kappa shape index (κ2) is 8.53. The molecule has 1 fully saturated rings. The molecule has 0 bridgehead atoms. The predicted octanol–water partition coefficient (Wildman–Crippen LogP) is 3.54. The highest BCUT2D eigenvalue weighted by Crippen LogP contribution is 2.48. The molecule has 0 spiro atoms. The van der Waals surface area contributed by atoms with Gasteiger partial charge in [0.15, 0.2) is 17.5 Å². The van der Waals surface area contributed by atoms with Crippen molar-refractivity contribution in [2.24, 2.45) is 10.7 Å². The molecule has 1 saturated carbocycles. The Labute approximate surface area is 165 Å². The number of nitrogens with two attached hydrogens (primary N) is 1. The van der Waals surface area contributed by atoms with Crippen LogP contribution in [-0.2, 0) is 11.8 Å². The molecule has 144 valence electrons. The third-order valence-corrected chi connectivity index (χ3v) is 5.28. The number of halogens is 1. The summed E-state index contributed by atoms with van der Waals surface area (Å²) in [7, 11) is 3.27. The number of guanidine groups is 1. The SMILES string of the molecule is COc1ccc(CCNC(N)=NCC2(c3ccc(Cl)cc3)CC2)cc1OC. The maximum Gasteiger partial charge on any atom is 0.188 e. The molecule has 0 heterocycles. The molecule has 0 amide bonds. The topological polar surface area (TPSA) is 68.9 Å². The fourth-order valence-electron chi connectivity index (χ4n) is 3.16. The number of hydrogen-bond donors (Lipinski definition) is 2. The molecule has 0 unspecified atom stereocenters. The lowest BCUT2D eigenvalue weighted by molar-refractivity contribution is 0.354. The van der Waals surface area contributed by atoms with Gasteiger partial charge in [-0.15, -0.1) is 0 Å². The Morgan fingerprint density at radius 3 is 2.44 bits per heavy atom. The molecule has 3 N–H and O–H groups in total. The van der Waals surface area contributed by atoms with Crippen LogP contribution in [-0.4, -0.2) is 33.3 Å². The Hall–Kier alpha value is -2.40. The average molecular weight is 388 g/mol. The van der Waals surface area contributed by atoms with Gasteiger partial charge in [0.25, 0.3) is 0 Å². The molecule has 2 aromatic rings. The molecule has 1 aliphatic carbocycles. The Balaban J connectivity index is 1.51. The van der Waals surface area contributed by atoms with Crippen LogP contribution in [0.15, 0.2) is 47.5 Å². The molecule has 0 atom stereocenters. The van der Waals surface area contributed by atoms with E-state index in [9.17, 15) is 0 Å². The van der Waals surface area contributed by atoms with Gasteiger partial charge in [0.2, 0.25) is 0 Å². The van der Waals surface area contributed by atoms with Gasteiger partial charge in [-0.25, -0.2) is 0 Å². The van der Waals surface area contributed by atoms with Crippen LogP contribution >= 0.6 is 11.6 Å². The third kappa shape index (κ3) is 4.86. The fraction of sp³-hybridized carbons (Fsp3) is 0.381. The van der Waals surface area contributed by atoms with Crippen LogP contribution in [0.25, 0.3) is 0 Å². The van der Waals surface area contributed by atoms with Crippen LogP contribution in [0.3, 0.4) is 0 Å². The molecule has 0 radical (unpaired) electrons. The molecule has 1 aliphatic rings. The maximum atomic E-state index is 6.05. The minimum Gasteiger partial charge on any atom is -0.493 e. The van der Waals surface area contributed by atoms with E-state index in [4.69, 9.17) is 26.8 Å². The molecule has 2 aromatic carbocycles. The maximum absolute atomic E-state index is 6.05.